The van der Waals surface area contributed by atoms with Gasteiger partial charge < -0.3 is 15.0 Å². The first kappa shape index (κ1) is 18.0. The number of carbonyl (C=O) groups excluding carboxylic acids is 1. The number of nitrogens with one attached hydrogen (secondary N) is 1. The van der Waals surface area contributed by atoms with E-state index >= 15 is 0 Å². The van der Waals surface area contributed by atoms with Gasteiger partial charge in [0.25, 0.3) is 5.91 Å². The molecule has 0 aliphatic carbocycles. The summed E-state index contributed by atoms with van der Waals surface area (Å²) in [4.78, 5) is 18.6. The van der Waals surface area contributed by atoms with E-state index in [-0.39, 0.29) is 5.91 Å². The maximum Gasteiger partial charge on any atom is 0.268 e. The molecule has 1 amide bonds. The van der Waals surface area contributed by atoms with Crippen molar-refractivity contribution >= 4 is 34.1 Å². The van der Waals surface area contributed by atoms with Gasteiger partial charge in [0.15, 0.2) is 5.60 Å². The molecule has 0 radical (unpaired) electrons. The molecule has 2 heterocycles. The predicted molar refractivity (Wildman–Crippen MR) is 115 cm³/mol. The molecular weight excluding hydrogens is 384 g/mol. The average Bonchev–Trinajstić information content (AvgIpc) is 3.17. The normalized spacial score (nSPS) is 18.4. The topological polar surface area (TPSA) is 56.3 Å². The van der Waals surface area contributed by atoms with Gasteiger partial charge in [-0.25, -0.2) is 0 Å². The second-order valence-electron chi connectivity index (χ2n) is 7.38. The van der Waals surface area contributed by atoms with Gasteiger partial charge in [0, 0.05) is 32.7 Å². The third-order valence-electron chi connectivity index (χ3n) is 5.68. The smallest absolute Gasteiger partial charge is 0.268 e. The number of benzene rings is 3. The number of para-hydroxylation sites is 2. The van der Waals surface area contributed by atoms with Crippen molar-refractivity contribution in [2.75, 3.05) is 4.90 Å². The average molecular weight is 403 g/mol. The van der Waals surface area contributed by atoms with Crippen LogP contribution in [0, 0.1) is 6.92 Å². The molecule has 5 heteroatoms. The zero-order valence-corrected chi connectivity index (χ0v) is 16.6. The minimum absolute atomic E-state index is 0.291. The van der Waals surface area contributed by atoms with E-state index in [2.05, 4.69) is 4.98 Å². The highest BCUT2D eigenvalue weighted by atomic mass is 35.5. The van der Waals surface area contributed by atoms with Crippen LogP contribution in [-0.4, -0.2) is 16.0 Å². The van der Waals surface area contributed by atoms with Crippen LogP contribution < -0.4 is 4.90 Å². The number of aromatic amines is 1. The van der Waals surface area contributed by atoms with Gasteiger partial charge >= 0.3 is 0 Å². The molecule has 144 valence electrons. The highest BCUT2D eigenvalue weighted by molar-refractivity contribution is 6.31. The molecule has 4 aromatic rings. The molecule has 0 saturated heterocycles. The lowest BCUT2D eigenvalue weighted by Gasteiger charge is -2.24. The molecule has 3 aromatic carbocycles. The van der Waals surface area contributed by atoms with Crippen molar-refractivity contribution in [2.45, 2.75) is 19.1 Å². The van der Waals surface area contributed by atoms with E-state index in [9.17, 15) is 9.90 Å². The van der Waals surface area contributed by atoms with Crippen molar-refractivity contribution in [3.05, 3.63) is 100 Å². The Balaban J connectivity index is 1.71. The summed E-state index contributed by atoms with van der Waals surface area (Å²) < 4.78 is 0. The van der Waals surface area contributed by atoms with Crippen molar-refractivity contribution in [2.24, 2.45) is 0 Å². The molecule has 1 aliphatic heterocycles. The number of hydrogen-bond acceptors (Lipinski definition) is 2. The van der Waals surface area contributed by atoms with Crippen molar-refractivity contribution in [1.29, 1.82) is 0 Å². The number of fused-ring (bicyclic) bond motifs is 2. The maximum absolute atomic E-state index is 13.7. The number of aromatic nitrogens is 1. The van der Waals surface area contributed by atoms with Crippen LogP contribution in [0.1, 0.15) is 22.4 Å². The molecule has 0 bridgehead atoms. The van der Waals surface area contributed by atoms with E-state index in [1.807, 2.05) is 73.7 Å². The first-order valence-electron chi connectivity index (χ1n) is 9.47. The maximum atomic E-state index is 13.7. The molecule has 0 saturated carbocycles. The predicted octanol–water partition coefficient (Wildman–Crippen LogP) is 4.91. The van der Waals surface area contributed by atoms with Gasteiger partial charge in [0.2, 0.25) is 0 Å². The number of H-pyrrole nitrogens is 1. The second kappa shape index (κ2) is 6.48. The van der Waals surface area contributed by atoms with Crippen LogP contribution in [0.25, 0.3) is 10.9 Å². The van der Waals surface area contributed by atoms with Gasteiger partial charge in [-0.15, -0.1) is 0 Å². The van der Waals surface area contributed by atoms with Gasteiger partial charge in [-0.05, 0) is 30.7 Å². The number of hydrogen-bond donors (Lipinski definition) is 2. The molecule has 0 fully saturated rings. The molecule has 29 heavy (non-hydrogen) atoms. The number of amides is 1. The van der Waals surface area contributed by atoms with Gasteiger partial charge in [-0.2, -0.15) is 0 Å². The van der Waals surface area contributed by atoms with E-state index in [0.29, 0.717) is 28.4 Å². The van der Waals surface area contributed by atoms with Crippen LogP contribution >= 0.6 is 11.6 Å². The summed E-state index contributed by atoms with van der Waals surface area (Å²) in [5.74, 6) is -0.369. The fourth-order valence-electron chi connectivity index (χ4n) is 4.37. The Morgan fingerprint density at radius 2 is 1.69 bits per heavy atom. The van der Waals surface area contributed by atoms with E-state index in [1.54, 1.807) is 11.0 Å². The van der Waals surface area contributed by atoms with Crippen molar-refractivity contribution in [3.63, 3.8) is 0 Å². The number of anilines is 1. The van der Waals surface area contributed by atoms with Crippen LogP contribution in [0.4, 0.5) is 5.69 Å². The van der Waals surface area contributed by atoms with Gasteiger partial charge in [0.1, 0.15) is 0 Å². The van der Waals surface area contributed by atoms with Crippen LogP contribution in [0.5, 0.6) is 0 Å². The highest BCUT2D eigenvalue weighted by Gasteiger charge is 2.52. The summed E-state index contributed by atoms with van der Waals surface area (Å²) in [6, 6.07) is 22.6. The lowest BCUT2D eigenvalue weighted by Crippen LogP contribution is -2.41. The molecular formula is C24H19ClN2O2. The van der Waals surface area contributed by atoms with Crippen molar-refractivity contribution in [1.82, 2.24) is 4.98 Å². The van der Waals surface area contributed by atoms with Gasteiger partial charge in [-0.3, -0.25) is 4.79 Å². The fourth-order valence-corrected chi connectivity index (χ4v) is 4.57. The van der Waals surface area contributed by atoms with E-state index in [4.69, 9.17) is 11.6 Å². The summed E-state index contributed by atoms with van der Waals surface area (Å²) in [6.07, 6.45) is 0. The number of carbonyl (C=O) groups is 1. The minimum atomic E-state index is -1.76. The molecule has 4 nitrogen and oxygen atoms in total. The molecule has 1 aromatic heterocycles. The minimum Gasteiger partial charge on any atom is -0.372 e. The first-order valence-corrected chi connectivity index (χ1v) is 9.84. The molecule has 0 unspecified atom stereocenters. The Bertz CT molecular complexity index is 1260. The molecule has 1 atom stereocenters. The largest absolute Gasteiger partial charge is 0.372 e. The number of aliphatic hydroxyl groups is 1. The Morgan fingerprint density at radius 1 is 1.00 bits per heavy atom. The van der Waals surface area contributed by atoms with Crippen LogP contribution in [-0.2, 0) is 16.9 Å². The fraction of sp³-hybridized carbons (Fsp3) is 0.125. The zero-order valence-electron chi connectivity index (χ0n) is 15.8. The molecule has 0 spiro atoms. The highest BCUT2D eigenvalue weighted by Crippen LogP contribution is 2.48. The van der Waals surface area contributed by atoms with E-state index < -0.39 is 5.60 Å². The first-order chi connectivity index (χ1) is 14.0. The zero-order chi connectivity index (χ0) is 20.2. The Kier molecular flexibility index (Phi) is 4.02. The van der Waals surface area contributed by atoms with Crippen LogP contribution in [0.3, 0.4) is 0 Å². The Morgan fingerprint density at radius 3 is 2.52 bits per heavy atom. The van der Waals surface area contributed by atoms with Crippen molar-refractivity contribution < 1.29 is 9.90 Å². The molecule has 2 N–H and O–H groups in total. The summed E-state index contributed by atoms with van der Waals surface area (Å²) in [6.45, 7) is 2.18. The number of aryl methyl sites for hydroxylation is 1. The Hall–Kier alpha value is -3.08. The SMILES string of the molecule is Cc1[nH]c2ccccc2c1[C@@]1(O)C(=O)N(Cc2ccccc2Cl)c2ccccc21. The Labute approximate surface area is 173 Å². The summed E-state index contributed by atoms with van der Waals surface area (Å²) in [5.41, 5.74) is 2.63. The van der Waals surface area contributed by atoms with Crippen molar-refractivity contribution in [3.8, 4) is 0 Å². The molecule has 1 aliphatic rings. The van der Waals surface area contributed by atoms with Gasteiger partial charge in [-0.1, -0.05) is 66.2 Å². The monoisotopic (exact) mass is 402 g/mol. The number of halogens is 1. The quantitative estimate of drug-likeness (QED) is 0.511. The van der Waals surface area contributed by atoms with Crippen LogP contribution in [0.15, 0.2) is 72.8 Å². The number of nitrogens with zero attached hydrogens (tertiary/aromatic N) is 1. The summed E-state index contributed by atoms with van der Waals surface area (Å²) in [5, 5.41) is 13.4. The summed E-state index contributed by atoms with van der Waals surface area (Å²) in [7, 11) is 0. The lowest BCUT2D eigenvalue weighted by molar-refractivity contribution is -0.132. The second-order valence-corrected chi connectivity index (χ2v) is 7.79. The third-order valence-corrected chi connectivity index (χ3v) is 6.05. The van der Waals surface area contributed by atoms with E-state index in [0.717, 1.165) is 22.2 Å². The van der Waals surface area contributed by atoms with Crippen LogP contribution in [0.2, 0.25) is 5.02 Å². The van der Waals surface area contributed by atoms with E-state index in [1.165, 1.54) is 0 Å². The summed E-state index contributed by atoms with van der Waals surface area (Å²) >= 11 is 6.35. The van der Waals surface area contributed by atoms with Gasteiger partial charge in [0.05, 0.1) is 12.2 Å². The number of rotatable bonds is 3. The third kappa shape index (κ3) is 2.53. The lowest BCUT2D eigenvalue weighted by atomic mass is 9.85. The molecule has 5 rings (SSSR count). The standard InChI is InChI=1S/C24H19ClN2O2/c1-15-22(17-9-3-6-12-20(17)26-15)24(29)18-10-4-7-13-21(18)27(23(24)28)14-16-8-2-5-11-19(16)25/h2-13,26,29H,14H2,1H3/t24-/m1/s1.